The molecule has 10 heteroatoms. The number of nitrogen functional groups attached to an aromatic ring is 1. The third-order valence-electron chi connectivity index (χ3n) is 5.20. The largest absolute Gasteiger partial charge is 0.394 e. The normalized spacial score (nSPS) is 10.2. The predicted octanol–water partition coefficient (Wildman–Crippen LogP) is 3.57. The maximum absolute atomic E-state index is 11.9. The maximum Gasteiger partial charge on any atom is 0.334 e. The number of benzene rings is 2. The number of rotatable bonds is 5. The van der Waals surface area contributed by atoms with Gasteiger partial charge in [0.05, 0.1) is 10.6 Å². The smallest absolute Gasteiger partial charge is 0.334 e. The molecule has 0 saturated heterocycles. The van der Waals surface area contributed by atoms with Crippen LogP contribution < -0.4 is 16.9 Å². The maximum atomic E-state index is 11.9. The molecule has 0 atom stereocenters. The van der Waals surface area contributed by atoms with E-state index in [0.717, 1.165) is 6.07 Å². The number of nitrogens with zero attached hydrogens (tertiary/aromatic N) is 3. The summed E-state index contributed by atoms with van der Waals surface area (Å²) in [6.07, 6.45) is 3.08. The van der Waals surface area contributed by atoms with Crippen molar-refractivity contribution in [2.75, 3.05) is 5.73 Å². The van der Waals surface area contributed by atoms with E-state index in [1.807, 2.05) is 0 Å². The van der Waals surface area contributed by atoms with Crippen LogP contribution in [0, 0.1) is 10.1 Å². The summed E-state index contributed by atoms with van der Waals surface area (Å²) in [7, 11) is 0. The summed E-state index contributed by atoms with van der Waals surface area (Å²) in [6.45, 7) is 2.94. The van der Waals surface area contributed by atoms with E-state index in [4.69, 9.17) is 5.73 Å². The number of aromatic nitrogens is 2. The summed E-state index contributed by atoms with van der Waals surface area (Å²) in [5.41, 5.74) is 6.58. The second kappa shape index (κ2) is 10.9. The van der Waals surface area contributed by atoms with Crippen LogP contribution in [-0.4, -0.2) is 25.6 Å². The van der Waals surface area contributed by atoms with Crippen molar-refractivity contribution < 1.29 is 14.5 Å². The zero-order valence-electron chi connectivity index (χ0n) is 19.5. The quantitative estimate of drug-likeness (QED) is 0.258. The fourth-order valence-electron chi connectivity index (χ4n) is 3.25. The van der Waals surface area contributed by atoms with E-state index in [2.05, 4.69) is 0 Å². The van der Waals surface area contributed by atoms with Gasteiger partial charge in [0.25, 0.3) is 5.56 Å². The van der Waals surface area contributed by atoms with E-state index in [9.17, 15) is 29.3 Å². The van der Waals surface area contributed by atoms with E-state index in [1.165, 1.54) is 35.2 Å². The van der Waals surface area contributed by atoms with Gasteiger partial charge in [-0.1, -0.05) is 0 Å². The molecule has 2 N–H and O–H groups in total. The molecular weight excluding hydrogens is 464 g/mol. The Morgan fingerprint density at radius 1 is 0.722 bits per heavy atom. The van der Waals surface area contributed by atoms with Crippen molar-refractivity contribution in [3.05, 3.63) is 127 Å². The zero-order valence-corrected chi connectivity index (χ0v) is 19.5. The highest BCUT2D eigenvalue weighted by Crippen LogP contribution is 2.11. The molecule has 0 radical (unpaired) electrons. The number of pyridine rings is 2. The molecule has 2 heterocycles. The van der Waals surface area contributed by atoms with Gasteiger partial charge in [0.2, 0.25) is 0 Å². The highest BCUT2D eigenvalue weighted by molar-refractivity contribution is 5.94. The molecule has 2 aromatic heterocycles. The standard InChI is InChI=1S/C13H10N2O4.C13H12N2O2/c1-9(16)10-4-6-11(7-5-10)14-8-2-3-12(13(14)17)15(18)19;1-9(16)10-4-6-11(7-5-10)15-8-2-3-12(14)13(15)17/h2-8H,1H3;2-8H,14H2,1H3. The minimum absolute atomic E-state index is 0.00327. The molecule has 0 amide bonds. The Kier molecular flexibility index (Phi) is 7.70. The first-order valence-corrected chi connectivity index (χ1v) is 10.7. The zero-order chi connectivity index (χ0) is 26.4. The average Bonchev–Trinajstić information content (AvgIpc) is 2.86. The molecule has 182 valence electrons. The van der Waals surface area contributed by atoms with Gasteiger partial charge in [-0.05, 0) is 80.6 Å². The average molecular weight is 486 g/mol. The number of nitrogens with two attached hydrogens (primary N) is 1. The lowest BCUT2D eigenvalue weighted by atomic mass is 10.1. The number of ketones is 2. The third-order valence-corrected chi connectivity index (χ3v) is 5.20. The number of hydrogen-bond donors (Lipinski definition) is 1. The first-order valence-electron chi connectivity index (χ1n) is 10.7. The van der Waals surface area contributed by atoms with E-state index >= 15 is 0 Å². The van der Waals surface area contributed by atoms with Gasteiger partial charge in [0.15, 0.2) is 11.6 Å². The highest BCUT2D eigenvalue weighted by Gasteiger charge is 2.14. The third kappa shape index (κ3) is 5.68. The molecular formula is C26H22N4O6. The summed E-state index contributed by atoms with van der Waals surface area (Å²) in [4.78, 5) is 55.9. The molecule has 0 aliphatic rings. The molecule has 4 rings (SSSR count). The van der Waals surface area contributed by atoms with E-state index in [-0.39, 0.29) is 22.8 Å². The predicted molar refractivity (Wildman–Crippen MR) is 135 cm³/mol. The Morgan fingerprint density at radius 3 is 1.56 bits per heavy atom. The van der Waals surface area contributed by atoms with Crippen LogP contribution >= 0.6 is 0 Å². The Labute approximate surface area is 205 Å². The fraction of sp³-hybridized carbons (Fsp3) is 0.0769. The van der Waals surface area contributed by atoms with Crippen LogP contribution in [0.25, 0.3) is 11.4 Å². The molecule has 0 spiro atoms. The van der Waals surface area contributed by atoms with Gasteiger partial charge in [0.1, 0.15) is 0 Å². The molecule has 4 aromatic rings. The number of nitro groups is 1. The summed E-state index contributed by atoms with van der Waals surface area (Å²) >= 11 is 0. The lowest BCUT2D eigenvalue weighted by molar-refractivity contribution is -0.386. The van der Waals surface area contributed by atoms with Crippen molar-refractivity contribution in [2.24, 2.45) is 0 Å². The van der Waals surface area contributed by atoms with Gasteiger partial charge < -0.3 is 5.73 Å². The van der Waals surface area contributed by atoms with Crippen LogP contribution in [0.2, 0.25) is 0 Å². The minimum Gasteiger partial charge on any atom is -0.394 e. The SMILES string of the molecule is CC(=O)c1ccc(-n2cccc(N)c2=O)cc1.CC(=O)c1ccc(-n2cccc([N+](=O)[O-])c2=O)cc1. The van der Waals surface area contributed by atoms with Crippen molar-refractivity contribution in [1.29, 1.82) is 0 Å². The molecule has 0 bridgehead atoms. The molecule has 0 fully saturated rings. The fourth-order valence-corrected chi connectivity index (χ4v) is 3.25. The Hall–Kier alpha value is -5.12. The van der Waals surface area contributed by atoms with Crippen molar-refractivity contribution in [1.82, 2.24) is 9.13 Å². The highest BCUT2D eigenvalue weighted by atomic mass is 16.6. The van der Waals surface area contributed by atoms with E-state index in [1.54, 1.807) is 66.9 Å². The Balaban J connectivity index is 0.000000202. The van der Waals surface area contributed by atoms with Crippen molar-refractivity contribution >= 4 is 22.9 Å². The number of carbonyl (C=O) groups is 2. The van der Waals surface area contributed by atoms with Gasteiger partial charge >= 0.3 is 11.2 Å². The molecule has 10 nitrogen and oxygen atoms in total. The summed E-state index contributed by atoms with van der Waals surface area (Å²) in [5, 5.41) is 10.7. The first kappa shape index (κ1) is 25.5. The molecule has 2 aromatic carbocycles. The van der Waals surface area contributed by atoms with Crippen LogP contribution in [0.5, 0.6) is 0 Å². The van der Waals surface area contributed by atoms with Gasteiger partial charge in [-0.15, -0.1) is 0 Å². The minimum atomic E-state index is -0.719. The van der Waals surface area contributed by atoms with Gasteiger partial charge in [-0.3, -0.25) is 38.4 Å². The second-order valence-corrected chi connectivity index (χ2v) is 7.67. The van der Waals surface area contributed by atoms with Crippen molar-refractivity contribution in [3.63, 3.8) is 0 Å². The molecule has 0 unspecified atom stereocenters. The van der Waals surface area contributed by atoms with Gasteiger partial charge in [-0.2, -0.15) is 0 Å². The van der Waals surface area contributed by atoms with Gasteiger partial charge in [-0.25, -0.2) is 0 Å². The number of hydrogen-bond acceptors (Lipinski definition) is 7. The molecule has 0 saturated carbocycles. The summed E-state index contributed by atoms with van der Waals surface area (Å²) < 4.78 is 2.61. The first-order chi connectivity index (χ1) is 17.1. The second-order valence-electron chi connectivity index (χ2n) is 7.67. The van der Waals surface area contributed by atoms with Crippen molar-refractivity contribution in [3.8, 4) is 11.4 Å². The molecule has 0 aliphatic carbocycles. The summed E-state index contributed by atoms with van der Waals surface area (Å²) in [6, 6.07) is 18.9. The van der Waals surface area contributed by atoms with Gasteiger partial charge in [0, 0.05) is 41.0 Å². The van der Waals surface area contributed by atoms with Crippen LogP contribution in [0.4, 0.5) is 11.4 Å². The summed E-state index contributed by atoms with van der Waals surface area (Å²) in [5.74, 6) is -0.0885. The molecule has 36 heavy (non-hydrogen) atoms. The number of anilines is 1. The van der Waals surface area contributed by atoms with Crippen LogP contribution in [0.3, 0.4) is 0 Å². The van der Waals surface area contributed by atoms with Crippen LogP contribution in [-0.2, 0) is 0 Å². The van der Waals surface area contributed by atoms with Crippen molar-refractivity contribution in [2.45, 2.75) is 13.8 Å². The topological polar surface area (TPSA) is 147 Å². The van der Waals surface area contributed by atoms with Crippen LogP contribution in [0.15, 0.2) is 94.8 Å². The lowest BCUT2D eigenvalue weighted by Gasteiger charge is -2.06. The number of carbonyl (C=O) groups excluding carboxylic acids is 2. The monoisotopic (exact) mass is 486 g/mol. The van der Waals surface area contributed by atoms with Crippen LogP contribution in [0.1, 0.15) is 34.6 Å². The number of Topliss-reactive ketones (excluding diaryl/α,β-unsaturated/α-hetero) is 2. The Bertz CT molecular complexity index is 1550. The Morgan fingerprint density at radius 2 is 1.14 bits per heavy atom. The lowest BCUT2D eigenvalue weighted by Crippen LogP contribution is -2.20. The van der Waals surface area contributed by atoms with E-state index in [0.29, 0.717) is 22.5 Å². The van der Waals surface area contributed by atoms with E-state index < -0.39 is 16.2 Å². The molecule has 0 aliphatic heterocycles.